The average molecular weight is 427 g/mol. The van der Waals surface area contributed by atoms with Crippen LogP contribution in [0.4, 0.5) is 5.69 Å². The van der Waals surface area contributed by atoms with Crippen molar-refractivity contribution in [3.63, 3.8) is 0 Å². The van der Waals surface area contributed by atoms with Crippen LogP contribution in [-0.2, 0) is 16.0 Å². The molecular weight excluding hydrogens is 400 g/mol. The van der Waals surface area contributed by atoms with Crippen molar-refractivity contribution in [1.29, 1.82) is 0 Å². The first-order chi connectivity index (χ1) is 15.5. The highest BCUT2D eigenvalue weighted by molar-refractivity contribution is 5.97. The molecule has 32 heavy (non-hydrogen) atoms. The fourth-order valence-electron chi connectivity index (χ4n) is 3.56. The maximum absolute atomic E-state index is 12.9. The number of anilines is 1. The van der Waals surface area contributed by atoms with E-state index in [0.29, 0.717) is 5.69 Å². The molecule has 6 nitrogen and oxygen atoms in total. The van der Waals surface area contributed by atoms with Gasteiger partial charge >= 0.3 is 0 Å². The van der Waals surface area contributed by atoms with Crippen molar-refractivity contribution in [2.45, 2.75) is 26.3 Å². The van der Waals surface area contributed by atoms with E-state index >= 15 is 0 Å². The monoisotopic (exact) mass is 426 g/mol. The van der Waals surface area contributed by atoms with Crippen molar-refractivity contribution in [3.8, 4) is 11.4 Å². The summed E-state index contributed by atoms with van der Waals surface area (Å²) in [5, 5.41) is 5.78. The number of rotatable bonds is 7. The van der Waals surface area contributed by atoms with E-state index in [-0.39, 0.29) is 24.2 Å². The summed E-state index contributed by atoms with van der Waals surface area (Å²) in [6.07, 6.45) is 0.240. The number of para-hydroxylation sites is 2. The first-order valence-corrected chi connectivity index (χ1v) is 10.7. The number of hydrogen-bond acceptors (Lipinski definition) is 3. The minimum absolute atomic E-state index is 0.0513. The van der Waals surface area contributed by atoms with Crippen LogP contribution in [0.2, 0.25) is 0 Å². The van der Waals surface area contributed by atoms with Crippen molar-refractivity contribution in [2.24, 2.45) is 5.92 Å². The Bertz CT molecular complexity index is 1180. The third-order valence-electron chi connectivity index (χ3n) is 5.29. The molecule has 3 N–H and O–H groups in total. The Morgan fingerprint density at radius 2 is 1.59 bits per heavy atom. The molecule has 1 unspecified atom stereocenters. The lowest BCUT2D eigenvalue weighted by Gasteiger charge is -2.22. The minimum Gasteiger partial charge on any atom is -0.344 e. The number of carbonyl (C=O) groups is 2. The van der Waals surface area contributed by atoms with Gasteiger partial charge in [-0.25, -0.2) is 4.98 Å². The summed E-state index contributed by atoms with van der Waals surface area (Å²) in [5.74, 6) is 0.310. The van der Waals surface area contributed by atoms with Crippen LogP contribution in [0.1, 0.15) is 19.4 Å². The van der Waals surface area contributed by atoms with Gasteiger partial charge in [0.1, 0.15) is 11.9 Å². The maximum atomic E-state index is 12.9. The predicted molar refractivity (Wildman–Crippen MR) is 127 cm³/mol. The molecule has 0 fully saturated rings. The van der Waals surface area contributed by atoms with Crippen molar-refractivity contribution in [2.75, 3.05) is 5.32 Å². The van der Waals surface area contributed by atoms with E-state index in [0.717, 1.165) is 28.0 Å². The van der Waals surface area contributed by atoms with E-state index in [1.807, 2.05) is 92.7 Å². The van der Waals surface area contributed by atoms with Gasteiger partial charge in [0.15, 0.2) is 0 Å². The molecule has 2 amide bonds. The zero-order valence-corrected chi connectivity index (χ0v) is 18.1. The summed E-state index contributed by atoms with van der Waals surface area (Å²) in [6.45, 7) is 3.83. The summed E-state index contributed by atoms with van der Waals surface area (Å²) in [4.78, 5) is 33.2. The summed E-state index contributed by atoms with van der Waals surface area (Å²) >= 11 is 0. The predicted octanol–water partition coefficient (Wildman–Crippen LogP) is 4.55. The number of nitrogens with zero attached hydrogens (tertiary/aromatic N) is 1. The Labute approximate surface area is 187 Å². The Kier molecular flexibility index (Phi) is 6.31. The van der Waals surface area contributed by atoms with Gasteiger partial charge in [0, 0.05) is 11.3 Å². The molecule has 0 saturated heterocycles. The smallest absolute Gasteiger partial charge is 0.247 e. The molecule has 0 aliphatic carbocycles. The normalized spacial score (nSPS) is 12.0. The van der Waals surface area contributed by atoms with Gasteiger partial charge in [-0.2, -0.15) is 0 Å². The van der Waals surface area contributed by atoms with Crippen molar-refractivity contribution in [1.82, 2.24) is 15.3 Å². The molecule has 1 heterocycles. The molecule has 0 aliphatic heterocycles. The number of benzene rings is 3. The van der Waals surface area contributed by atoms with Crippen molar-refractivity contribution in [3.05, 3.63) is 84.4 Å². The molecule has 3 aromatic carbocycles. The lowest BCUT2D eigenvalue weighted by atomic mass is 10.0. The fraction of sp³-hybridized carbons (Fsp3) is 0.192. The second-order valence-electron chi connectivity index (χ2n) is 8.12. The Morgan fingerprint density at radius 3 is 2.28 bits per heavy atom. The van der Waals surface area contributed by atoms with Gasteiger partial charge in [0.05, 0.1) is 17.5 Å². The number of carbonyl (C=O) groups excluding carboxylic acids is 2. The quantitative estimate of drug-likeness (QED) is 0.405. The molecule has 4 aromatic rings. The third kappa shape index (κ3) is 5.03. The van der Waals surface area contributed by atoms with Gasteiger partial charge in [-0.1, -0.05) is 56.3 Å². The Morgan fingerprint density at radius 1 is 0.906 bits per heavy atom. The number of fused-ring (bicyclic) bond motifs is 1. The van der Waals surface area contributed by atoms with E-state index in [1.165, 1.54) is 0 Å². The molecule has 1 aromatic heterocycles. The molecule has 6 heteroatoms. The van der Waals surface area contributed by atoms with Crippen LogP contribution < -0.4 is 10.6 Å². The second-order valence-corrected chi connectivity index (χ2v) is 8.12. The summed E-state index contributed by atoms with van der Waals surface area (Å²) in [5.41, 5.74) is 4.39. The first kappa shape index (κ1) is 21.3. The van der Waals surface area contributed by atoms with Gasteiger partial charge < -0.3 is 15.6 Å². The van der Waals surface area contributed by atoms with Gasteiger partial charge in [-0.15, -0.1) is 0 Å². The molecule has 4 rings (SSSR count). The molecular formula is C26H26N4O2. The van der Waals surface area contributed by atoms with Gasteiger partial charge in [-0.05, 0) is 47.9 Å². The van der Waals surface area contributed by atoms with Gasteiger partial charge in [-0.3, -0.25) is 9.59 Å². The summed E-state index contributed by atoms with van der Waals surface area (Å²) in [7, 11) is 0. The van der Waals surface area contributed by atoms with Gasteiger partial charge in [0.25, 0.3) is 0 Å². The number of hydrogen-bond donors (Lipinski definition) is 3. The molecule has 162 valence electrons. The first-order valence-electron chi connectivity index (χ1n) is 10.7. The standard InChI is InChI=1S/C26H26N4O2/c1-17(2)24(30-23(31)16-18-8-4-3-5-9-18)26(32)27-20-14-12-19(13-15-20)25-28-21-10-6-7-11-22(21)29-25/h3-15,17,24H,16H2,1-2H3,(H,27,32)(H,28,29)(H,30,31). The molecule has 0 aliphatic rings. The second kappa shape index (κ2) is 9.47. The summed E-state index contributed by atoms with van der Waals surface area (Å²) in [6, 6.07) is 24.2. The lowest BCUT2D eigenvalue weighted by Crippen LogP contribution is -2.47. The van der Waals surface area contributed by atoms with Crippen LogP contribution in [0.5, 0.6) is 0 Å². The molecule has 0 radical (unpaired) electrons. The highest BCUT2D eigenvalue weighted by Crippen LogP contribution is 2.22. The van der Waals surface area contributed by atoms with Gasteiger partial charge in [0.2, 0.25) is 11.8 Å². The number of imidazole rings is 1. The number of nitrogens with one attached hydrogen (secondary N) is 3. The van der Waals surface area contributed by atoms with Crippen molar-refractivity contribution >= 4 is 28.5 Å². The zero-order valence-electron chi connectivity index (χ0n) is 18.1. The highest BCUT2D eigenvalue weighted by atomic mass is 16.2. The number of H-pyrrole nitrogens is 1. The van der Waals surface area contributed by atoms with Crippen LogP contribution in [-0.4, -0.2) is 27.8 Å². The summed E-state index contributed by atoms with van der Waals surface area (Å²) < 4.78 is 0. The largest absolute Gasteiger partial charge is 0.344 e. The Hall–Kier alpha value is -3.93. The van der Waals surface area contributed by atoms with E-state index in [4.69, 9.17) is 0 Å². The van der Waals surface area contributed by atoms with E-state index in [2.05, 4.69) is 20.6 Å². The topological polar surface area (TPSA) is 86.9 Å². The highest BCUT2D eigenvalue weighted by Gasteiger charge is 2.24. The van der Waals surface area contributed by atoms with Crippen LogP contribution >= 0.6 is 0 Å². The van der Waals surface area contributed by atoms with Crippen LogP contribution in [0.25, 0.3) is 22.4 Å². The zero-order chi connectivity index (χ0) is 22.5. The minimum atomic E-state index is -0.624. The SMILES string of the molecule is CC(C)C(NC(=O)Cc1ccccc1)C(=O)Nc1ccc(-c2nc3ccccc3[nH]2)cc1. The fourth-order valence-corrected chi connectivity index (χ4v) is 3.56. The number of aromatic amines is 1. The van der Waals surface area contributed by atoms with E-state index in [9.17, 15) is 9.59 Å². The number of aromatic nitrogens is 2. The van der Waals surface area contributed by atoms with E-state index < -0.39 is 6.04 Å². The number of amides is 2. The third-order valence-corrected chi connectivity index (χ3v) is 5.29. The van der Waals surface area contributed by atoms with Crippen LogP contribution in [0, 0.1) is 5.92 Å². The Balaban J connectivity index is 1.41. The van der Waals surface area contributed by atoms with Crippen LogP contribution in [0.15, 0.2) is 78.9 Å². The van der Waals surface area contributed by atoms with Crippen LogP contribution in [0.3, 0.4) is 0 Å². The average Bonchev–Trinajstić information content (AvgIpc) is 3.23. The van der Waals surface area contributed by atoms with E-state index in [1.54, 1.807) is 0 Å². The molecule has 0 saturated carbocycles. The molecule has 1 atom stereocenters. The van der Waals surface area contributed by atoms with Crippen molar-refractivity contribution < 1.29 is 9.59 Å². The maximum Gasteiger partial charge on any atom is 0.247 e. The molecule has 0 spiro atoms. The molecule has 0 bridgehead atoms. The lowest BCUT2D eigenvalue weighted by molar-refractivity contribution is -0.127.